The highest BCUT2D eigenvalue weighted by atomic mass is 16.6. The average molecular weight is 406 g/mol. The van der Waals surface area contributed by atoms with Crippen LogP contribution in [0.4, 0.5) is 4.79 Å². The fourth-order valence-electron chi connectivity index (χ4n) is 3.13. The van der Waals surface area contributed by atoms with Gasteiger partial charge >= 0.3 is 18.0 Å². The maximum atomic E-state index is 11.7. The summed E-state index contributed by atoms with van der Waals surface area (Å²) in [6, 6.07) is 4.49. The molecule has 1 saturated heterocycles. The molecule has 1 aliphatic heterocycles. The lowest BCUT2D eigenvalue weighted by Crippen LogP contribution is -2.48. The maximum absolute atomic E-state index is 11.7. The summed E-state index contributed by atoms with van der Waals surface area (Å²) in [6.45, 7) is 13.1. The third-order valence-corrected chi connectivity index (χ3v) is 4.49. The quantitative estimate of drug-likeness (QED) is 0.724. The third-order valence-electron chi connectivity index (χ3n) is 4.49. The van der Waals surface area contributed by atoms with Gasteiger partial charge in [-0.2, -0.15) is 0 Å². The summed E-state index contributed by atoms with van der Waals surface area (Å²) < 4.78 is 5.05. The van der Waals surface area contributed by atoms with Crippen LogP contribution in [0.15, 0.2) is 24.3 Å². The Labute approximate surface area is 171 Å². The molecule has 0 atom stereocenters. The van der Waals surface area contributed by atoms with Gasteiger partial charge in [0.05, 0.1) is 6.61 Å². The van der Waals surface area contributed by atoms with Crippen LogP contribution in [0.3, 0.4) is 0 Å². The van der Waals surface area contributed by atoms with Gasteiger partial charge in [-0.05, 0) is 44.4 Å². The molecule has 0 aliphatic carbocycles. The zero-order valence-corrected chi connectivity index (χ0v) is 17.5. The number of amides is 1. The van der Waals surface area contributed by atoms with Crippen molar-refractivity contribution >= 4 is 18.0 Å². The number of carboxylic acid groups (broad SMARTS) is 2. The van der Waals surface area contributed by atoms with E-state index in [2.05, 4.69) is 37.8 Å². The number of ether oxygens (including phenoxy) is 1. The Morgan fingerprint density at radius 2 is 1.45 bits per heavy atom. The van der Waals surface area contributed by atoms with Gasteiger partial charge in [-0.25, -0.2) is 14.4 Å². The van der Waals surface area contributed by atoms with Gasteiger partial charge in [-0.1, -0.05) is 17.7 Å². The molecule has 0 aromatic heterocycles. The molecular weight excluding hydrogens is 376 g/mol. The lowest BCUT2D eigenvalue weighted by Gasteiger charge is -2.34. The summed E-state index contributed by atoms with van der Waals surface area (Å²) in [5, 5.41) is 15.6. The fourth-order valence-corrected chi connectivity index (χ4v) is 3.13. The van der Waals surface area contributed by atoms with Crippen LogP contribution in [0.1, 0.15) is 29.2 Å². The predicted molar refractivity (Wildman–Crippen MR) is 109 cm³/mol. The molecule has 8 nitrogen and oxygen atoms in total. The van der Waals surface area contributed by atoms with E-state index >= 15 is 0 Å². The topological polar surface area (TPSA) is 107 Å². The van der Waals surface area contributed by atoms with Crippen LogP contribution in [0, 0.1) is 20.8 Å². The number of aryl methyl sites for hydroxylation is 3. The first-order chi connectivity index (χ1) is 13.6. The van der Waals surface area contributed by atoms with Gasteiger partial charge in [0.25, 0.3) is 0 Å². The Bertz CT molecular complexity index is 713. The zero-order valence-electron chi connectivity index (χ0n) is 17.5. The second-order valence-electron chi connectivity index (χ2n) is 6.85. The molecule has 1 heterocycles. The van der Waals surface area contributed by atoms with Crippen LogP contribution in [-0.2, 0) is 20.9 Å². The SMILES string of the molecule is CCOC(=O)N1CCN(Cc2c(C)cc(C)cc2C)CC1.O=C(O)/C=C/C(=O)O. The summed E-state index contributed by atoms with van der Waals surface area (Å²) in [7, 11) is 0. The highest BCUT2D eigenvalue weighted by Crippen LogP contribution is 2.19. The number of nitrogens with zero attached hydrogens (tertiary/aromatic N) is 2. The number of carbonyl (C=O) groups excluding carboxylic acids is 1. The summed E-state index contributed by atoms with van der Waals surface area (Å²) >= 11 is 0. The van der Waals surface area contributed by atoms with Crippen LogP contribution >= 0.6 is 0 Å². The van der Waals surface area contributed by atoms with Crippen LogP contribution in [0.25, 0.3) is 0 Å². The molecule has 0 unspecified atom stereocenters. The van der Waals surface area contributed by atoms with Crippen molar-refractivity contribution in [2.45, 2.75) is 34.2 Å². The Balaban J connectivity index is 0.000000447. The normalized spacial score (nSPS) is 14.3. The molecule has 1 aromatic rings. The molecule has 2 N–H and O–H groups in total. The van der Waals surface area contributed by atoms with Crippen molar-refractivity contribution in [3.63, 3.8) is 0 Å². The van der Waals surface area contributed by atoms with Gasteiger partial charge in [0.1, 0.15) is 0 Å². The van der Waals surface area contributed by atoms with Crippen LogP contribution in [0.2, 0.25) is 0 Å². The number of carbonyl (C=O) groups is 3. The highest BCUT2D eigenvalue weighted by molar-refractivity contribution is 5.89. The number of aliphatic carboxylic acids is 2. The van der Waals surface area contributed by atoms with E-state index in [4.69, 9.17) is 14.9 Å². The first-order valence-corrected chi connectivity index (χ1v) is 9.48. The van der Waals surface area contributed by atoms with Gasteiger partial charge in [-0.3, -0.25) is 4.90 Å². The highest BCUT2D eigenvalue weighted by Gasteiger charge is 2.22. The fraction of sp³-hybridized carbons (Fsp3) is 0.476. The zero-order chi connectivity index (χ0) is 22.0. The molecule has 1 aromatic carbocycles. The number of hydrogen-bond acceptors (Lipinski definition) is 5. The van der Waals surface area contributed by atoms with Gasteiger partial charge < -0.3 is 19.8 Å². The lowest BCUT2D eigenvalue weighted by molar-refractivity contribution is -0.134. The summed E-state index contributed by atoms with van der Waals surface area (Å²) in [5.41, 5.74) is 5.46. The van der Waals surface area contributed by atoms with E-state index in [9.17, 15) is 14.4 Å². The van der Waals surface area contributed by atoms with Crippen molar-refractivity contribution < 1.29 is 29.3 Å². The minimum absolute atomic E-state index is 0.181. The number of rotatable bonds is 5. The standard InChI is InChI=1S/C17H26N2O2.C4H4O4/c1-5-21-17(20)19-8-6-18(7-9-19)12-16-14(3)10-13(2)11-15(16)4;5-3(6)1-2-4(7)8/h10-11H,5-9,12H2,1-4H3;1-2H,(H,5,6)(H,7,8)/b;2-1+. The number of benzene rings is 1. The van der Waals surface area contributed by atoms with Gasteiger partial charge in [0.15, 0.2) is 0 Å². The Kier molecular flexibility index (Phi) is 9.88. The largest absolute Gasteiger partial charge is 0.478 e. The van der Waals surface area contributed by atoms with Crippen molar-refractivity contribution in [3.8, 4) is 0 Å². The van der Waals surface area contributed by atoms with E-state index < -0.39 is 11.9 Å². The molecule has 2 rings (SSSR count). The van der Waals surface area contributed by atoms with E-state index in [0.29, 0.717) is 18.8 Å². The van der Waals surface area contributed by atoms with Crippen molar-refractivity contribution in [2.24, 2.45) is 0 Å². The van der Waals surface area contributed by atoms with E-state index in [1.54, 1.807) is 4.90 Å². The molecule has 29 heavy (non-hydrogen) atoms. The van der Waals surface area contributed by atoms with E-state index in [1.165, 1.54) is 22.3 Å². The van der Waals surface area contributed by atoms with E-state index in [1.807, 2.05) is 6.92 Å². The molecular formula is C21H30N2O6. The first kappa shape index (κ1) is 24.2. The minimum Gasteiger partial charge on any atom is -0.478 e. The van der Waals surface area contributed by atoms with E-state index in [-0.39, 0.29) is 6.09 Å². The van der Waals surface area contributed by atoms with Crippen molar-refractivity contribution in [3.05, 3.63) is 46.5 Å². The Morgan fingerprint density at radius 3 is 1.86 bits per heavy atom. The molecule has 0 bridgehead atoms. The minimum atomic E-state index is -1.26. The second kappa shape index (κ2) is 11.9. The van der Waals surface area contributed by atoms with Crippen molar-refractivity contribution in [1.29, 1.82) is 0 Å². The molecule has 0 spiro atoms. The summed E-state index contributed by atoms with van der Waals surface area (Å²) in [5.74, 6) is -2.51. The van der Waals surface area contributed by atoms with Crippen LogP contribution < -0.4 is 0 Å². The number of hydrogen-bond donors (Lipinski definition) is 2. The summed E-state index contributed by atoms with van der Waals surface area (Å²) in [6.07, 6.45) is 0.935. The monoisotopic (exact) mass is 406 g/mol. The molecule has 1 aliphatic rings. The van der Waals surface area contributed by atoms with Gasteiger partial charge in [0, 0.05) is 44.9 Å². The lowest BCUT2D eigenvalue weighted by atomic mass is 9.99. The first-order valence-electron chi connectivity index (χ1n) is 9.48. The molecule has 160 valence electrons. The van der Waals surface area contributed by atoms with Crippen LogP contribution in [-0.4, -0.2) is 70.8 Å². The maximum Gasteiger partial charge on any atom is 0.409 e. The molecule has 1 amide bonds. The van der Waals surface area contributed by atoms with Crippen molar-refractivity contribution in [2.75, 3.05) is 32.8 Å². The average Bonchev–Trinajstić information content (AvgIpc) is 2.64. The Morgan fingerprint density at radius 1 is 0.966 bits per heavy atom. The molecule has 1 fully saturated rings. The summed E-state index contributed by atoms with van der Waals surface area (Å²) in [4.78, 5) is 35.0. The van der Waals surface area contributed by atoms with E-state index in [0.717, 1.165) is 32.7 Å². The molecule has 0 radical (unpaired) electrons. The third kappa shape index (κ3) is 8.78. The van der Waals surface area contributed by atoms with Gasteiger partial charge in [-0.15, -0.1) is 0 Å². The Hall–Kier alpha value is -2.87. The number of piperazine rings is 1. The molecule has 8 heteroatoms. The van der Waals surface area contributed by atoms with Gasteiger partial charge in [0.2, 0.25) is 0 Å². The smallest absolute Gasteiger partial charge is 0.409 e. The second-order valence-corrected chi connectivity index (χ2v) is 6.85. The molecule has 0 saturated carbocycles. The van der Waals surface area contributed by atoms with Crippen LogP contribution in [0.5, 0.6) is 0 Å². The number of carboxylic acids is 2. The van der Waals surface area contributed by atoms with Crippen molar-refractivity contribution in [1.82, 2.24) is 9.80 Å². The predicted octanol–water partition coefficient (Wildman–Crippen LogP) is 2.60.